The zero-order chi connectivity index (χ0) is 20.3. The summed E-state index contributed by atoms with van der Waals surface area (Å²) in [5.41, 5.74) is -1.17. The number of hydrogen-bond acceptors (Lipinski definition) is 4. The number of benzene rings is 2. The zero-order valence-corrected chi connectivity index (χ0v) is 14.8. The molecule has 1 amide bonds. The van der Waals surface area contributed by atoms with E-state index in [1.165, 1.54) is 6.20 Å². The molecule has 0 spiro atoms. The molecule has 0 bridgehead atoms. The first kappa shape index (κ1) is 19.6. The summed E-state index contributed by atoms with van der Waals surface area (Å²) in [6.45, 7) is -0.712. The molecule has 0 saturated carbocycles. The van der Waals surface area contributed by atoms with Crippen molar-refractivity contribution in [2.75, 3.05) is 11.9 Å². The second kappa shape index (κ2) is 7.85. The van der Waals surface area contributed by atoms with E-state index in [9.17, 15) is 22.8 Å². The Hall–Kier alpha value is -3.13. The Morgan fingerprint density at radius 3 is 2.61 bits per heavy atom. The third kappa shape index (κ3) is 4.40. The third-order valence-corrected chi connectivity index (χ3v) is 4.10. The number of esters is 1. The predicted molar refractivity (Wildman–Crippen MR) is 97.1 cm³/mol. The van der Waals surface area contributed by atoms with Gasteiger partial charge >= 0.3 is 12.1 Å². The number of ether oxygens (including phenoxy) is 1. The lowest BCUT2D eigenvalue weighted by molar-refractivity contribution is -0.137. The van der Waals surface area contributed by atoms with E-state index in [2.05, 4.69) is 10.3 Å². The van der Waals surface area contributed by atoms with Gasteiger partial charge in [-0.05, 0) is 29.7 Å². The van der Waals surface area contributed by atoms with Gasteiger partial charge in [0, 0.05) is 11.6 Å². The van der Waals surface area contributed by atoms with Gasteiger partial charge in [0.05, 0.1) is 16.3 Å². The number of rotatable bonds is 4. The molecule has 144 valence electrons. The fourth-order valence-electron chi connectivity index (χ4n) is 2.47. The highest BCUT2D eigenvalue weighted by molar-refractivity contribution is 6.33. The van der Waals surface area contributed by atoms with Crippen LogP contribution in [0.25, 0.3) is 10.8 Å². The molecular weight excluding hydrogens is 397 g/mol. The number of carbonyl (C=O) groups is 2. The number of carbonyl (C=O) groups excluding carboxylic acids is 2. The van der Waals surface area contributed by atoms with Crippen molar-refractivity contribution in [3.05, 3.63) is 71.0 Å². The van der Waals surface area contributed by atoms with Crippen molar-refractivity contribution in [2.45, 2.75) is 6.18 Å². The number of anilines is 1. The Morgan fingerprint density at radius 2 is 1.86 bits per heavy atom. The van der Waals surface area contributed by atoms with Crippen molar-refractivity contribution >= 4 is 39.9 Å². The summed E-state index contributed by atoms with van der Waals surface area (Å²) < 4.78 is 43.3. The van der Waals surface area contributed by atoms with Crippen molar-refractivity contribution in [1.82, 2.24) is 4.98 Å². The van der Waals surface area contributed by atoms with Gasteiger partial charge < -0.3 is 10.1 Å². The summed E-state index contributed by atoms with van der Waals surface area (Å²) >= 11 is 5.81. The van der Waals surface area contributed by atoms with Crippen LogP contribution in [0.2, 0.25) is 5.02 Å². The van der Waals surface area contributed by atoms with Crippen LogP contribution in [0.3, 0.4) is 0 Å². The molecule has 0 atom stereocenters. The van der Waals surface area contributed by atoms with E-state index >= 15 is 0 Å². The largest absolute Gasteiger partial charge is 0.451 e. The average Bonchev–Trinajstić information content (AvgIpc) is 2.66. The van der Waals surface area contributed by atoms with Gasteiger partial charge in [-0.25, -0.2) is 9.78 Å². The number of nitrogens with zero attached hydrogens (tertiary/aromatic N) is 1. The van der Waals surface area contributed by atoms with E-state index in [1.807, 2.05) is 0 Å². The number of pyridine rings is 1. The number of alkyl halides is 3. The lowest BCUT2D eigenvalue weighted by Crippen LogP contribution is -2.22. The van der Waals surface area contributed by atoms with Gasteiger partial charge in [0.1, 0.15) is 0 Å². The van der Waals surface area contributed by atoms with Crippen molar-refractivity contribution < 1.29 is 27.5 Å². The van der Waals surface area contributed by atoms with Crippen molar-refractivity contribution in [1.29, 1.82) is 0 Å². The minimum Gasteiger partial charge on any atom is -0.451 e. The molecule has 1 heterocycles. The molecule has 0 fully saturated rings. The Balaban J connectivity index is 1.68. The van der Waals surface area contributed by atoms with Crippen molar-refractivity contribution in [2.24, 2.45) is 0 Å². The zero-order valence-electron chi connectivity index (χ0n) is 14.1. The van der Waals surface area contributed by atoms with Gasteiger partial charge in [-0.1, -0.05) is 35.9 Å². The van der Waals surface area contributed by atoms with Crippen LogP contribution in [-0.4, -0.2) is 23.5 Å². The van der Waals surface area contributed by atoms with Gasteiger partial charge in [-0.2, -0.15) is 13.2 Å². The van der Waals surface area contributed by atoms with Gasteiger partial charge in [-0.3, -0.25) is 4.79 Å². The second-order valence-corrected chi connectivity index (χ2v) is 6.10. The quantitative estimate of drug-likeness (QED) is 0.635. The maximum Gasteiger partial charge on any atom is 0.416 e. The number of nitrogens with one attached hydrogen (secondary N) is 1. The molecule has 1 N–H and O–H groups in total. The standard InChI is InChI=1S/C19H12ClF3N2O3/c20-14-6-5-12(19(21,22)23)9-15(14)25-16(26)10-28-18(27)17-13-4-2-1-3-11(13)7-8-24-17/h1-9H,10H2,(H,25,26). The average molecular weight is 409 g/mol. The highest BCUT2D eigenvalue weighted by Gasteiger charge is 2.31. The number of aromatic nitrogens is 1. The summed E-state index contributed by atoms with van der Waals surface area (Å²) in [6.07, 6.45) is -3.15. The van der Waals surface area contributed by atoms with Gasteiger partial charge in [0.15, 0.2) is 12.3 Å². The Morgan fingerprint density at radius 1 is 1.11 bits per heavy atom. The molecule has 0 aliphatic heterocycles. The maximum atomic E-state index is 12.8. The van der Waals surface area contributed by atoms with Crippen LogP contribution in [0.1, 0.15) is 16.1 Å². The first-order chi connectivity index (χ1) is 13.3. The third-order valence-electron chi connectivity index (χ3n) is 3.77. The molecule has 3 rings (SSSR count). The Kier molecular flexibility index (Phi) is 5.51. The van der Waals surface area contributed by atoms with Crippen molar-refractivity contribution in [3.63, 3.8) is 0 Å². The van der Waals surface area contributed by atoms with Gasteiger partial charge in [0.25, 0.3) is 5.91 Å². The maximum absolute atomic E-state index is 12.8. The summed E-state index contributed by atoms with van der Waals surface area (Å²) in [6, 6.07) is 11.2. The fourth-order valence-corrected chi connectivity index (χ4v) is 2.63. The summed E-state index contributed by atoms with van der Waals surface area (Å²) in [5, 5.41) is 3.44. The number of fused-ring (bicyclic) bond motifs is 1. The first-order valence-corrected chi connectivity index (χ1v) is 8.31. The molecule has 0 unspecified atom stereocenters. The molecular formula is C19H12ClF3N2O3. The van der Waals surface area contributed by atoms with Crippen LogP contribution in [0, 0.1) is 0 Å². The molecule has 2 aromatic carbocycles. The molecule has 1 aromatic heterocycles. The molecule has 0 radical (unpaired) electrons. The molecule has 0 saturated heterocycles. The molecule has 28 heavy (non-hydrogen) atoms. The highest BCUT2D eigenvalue weighted by atomic mass is 35.5. The minimum absolute atomic E-state index is 0.0306. The van der Waals surface area contributed by atoms with Gasteiger partial charge in [0.2, 0.25) is 0 Å². The van der Waals surface area contributed by atoms with E-state index in [-0.39, 0.29) is 16.4 Å². The van der Waals surface area contributed by atoms with E-state index < -0.39 is 30.2 Å². The van der Waals surface area contributed by atoms with Crippen molar-refractivity contribution in [3.8, 4) is 0 Å². The van der Waals surface area contributed by atoms with Crippen LogP contribution in [-0.2, 0) is 15.7 Å². The first-order valence-electron chi connectivity index (χ1n) is 7.93. The van der Waals surface area contributed by atoms with E-state index in [0.717, 1.165) is 17.5 Å². The van der Waals surface area contributed by atoms with E-state index in [0.29, 0.717) is 11.5 Å². The molecule has 0 aliphatic rings. The fraction of sp³-hybridized carbons (Fsp3) is 0.105. The number of hydrogen-bond donors (Lipinski definition) is 1. The number of halogens is 4. The molecule has 5 nitrogen and oxygen atoms in total. The monoisotopic (exact) mass is 408 g/mol. The highest BCUT2D eigenvalue weighted by Crippen LogP contribution is 2.33. The normalized spacial score (nSPS) is 11.3. The summed E-state index contributed by atoms with van der Waals surface area (Å²) in [5.74, 6) is -1.67. The van der Waals surface area contributed by atoms with Crippen LogP contribution in [0.4, 0.5) is 18.9 Å². The second-order valence-electron chi connectivity index (χ2n) is 5.70. The Labute approximate surface area is 162 Å². The Bertz CT molecular complexity index is 1050. The lowest BCUT2D eigenvalue weighted by Gasteiger charge is -2.12. The predicted octanol–water partition coefficient (Wildman–Crippen LogP) is 4.70. The van der Waals surface area contributed by atoms with Crippen LogP contribution >= 0.6 is 11.6 Å². The molecule has 9 heteroatoms. The summed E-state index contributed by atoms with van der Waals surface area (Å²) in [7, 11) is 0. The summed E-state index contributed by atoms with van der Waals surface area (Å²) in [4.78, 5) is 28.2. The van der Waals surface area contributed by atoms with Crippen LogP contribution in [0.15, 0.2) is 54.7 Å². The topological polar surface area (TPSA) is 68.3 Å². The van der Waals surface area contributed by atoms with E-state index in [4.69, 9.17) is 16.3 Å². The minimum atomic E-state index is -4.59. The van der Waals surface area contributed by atoms with Crippen LogP contribution < -0.4 is 5.32 Å². The molecule has 0 aliphatic carbocycles. The number of amides is 1. The van der Waals surface area contributed by atoms with Gasteiger partial charge in [-0.15, -0.1) is 0 Å². The lowest BCUT2D eigenvalue weighted by atomic mass is 10.1. The smallest absolute Gasteiger partial charge is 0.416 e. The molecule has 3 aromatic rings. The van der Waals surface area contributed by atoms with Crippen LogP contribution in [0.5, 0.6) is 0 Å². The SMILES string of the molecule is O=C(COC(=O)c1nccc2ccccc12)Nc1cc(C(F)(F)F)ccc1Cl. The van der Waals surface area contributed by atoms with E-state index in [1.54, 1.807) is 30.3 Å².